The Morgan fingerprint density at radius 1 is 1.04 bits per heavy atom. The number of ether oxygens (including phenoxy) is 1. The van der Waals surface area contributed by atoms with E-state index in [1.54, 1.807) is 15.7 Å². The Morgan fingerprint density at radius 2 is 1.50 bits per heavy atom. The number of carbonyl (C=O) groups is 1. The number of hydrogen-bond donors (Lipinski definition) is 0. The van der Waals surface area contributed by atoms with E-state index in [9.17, 15) is 31.1 Å². The molecule has 1 aliphatic heterocycles. The van der Waals surface area contributed by atoms with Gasteiger partial charge in [-0.15, -0.1) is 0 Å². The molecule has 24 heavy (non-hydrogen) atoms. The van der Waals surface area contributed by atoms with Gasteiger partial charge in [0.15, 0.2) is 0 Å². The molecule has 0 aromatic rings. The van der Waals surface area contributed by atoms with Gasteiger partial charge in [0.25, 0.3) is 6.10 Å². The lowest BCUT2D eigenvalue weighted by Gasteiger charge is -2.51. The molecule has 0 unspecified atom stereocenters. The number of hydrogen-bond acceptors (Lipinski definition) is 3. The highest BCUT2D eigenvalue weighted by atomic mass is 19.4. The first-order valence-electron chi connectivity index (χ1n) is 7.33. The lowest BCUT2D eigenvalue weighted by Crippen LogP contribution is -2.68. The molecule has 1 fully saturated rings. The predicted molar refractivity (Wildman–Crippen MR) is 80.2 cm³/mol. The summed E-state index contributed by atoms with van der Waals surface area (Å²) in [6.45, 7) is 6.39. The molecule has 1 heterocycles. The van der Waals surface area contributed by atoms with E-state index in [1.165, 1.54) is 0 Å². The van der Waals surface area contributed by atoms with E-state index in [1.807, 2.05) is 25.7 Å². The molecule has 1 aliphatic rings. The Bertz CT molecular complexity index is 462. The number of amides is 1. The van der Waals surface area contributed by atoms with Crippen LogP contribution in [-0.2, 0) is 4.74 Å². The van der Waals surface area contributed by atoms with Crippen molar-refractivity contribution in [3.05, 3.63) is 0 Å². The minimum Gasteiger partial charge on any atom is -0.426 e. The normalized spacial score (nSPS) is 20.3. The van der Waals surface area contributed by atoms with Crippen LogP contribution in [0, 0.1) is 0 Å². The van der Waals surface area contributed by atoms with E-state index in [4.69, 9.17) is 0 Å². The molecule has 1 saturated heterocycles. The van der Waals surface area contributed by atoms with Crippen LogP contribution in [0.2, 0.25) is 0 Å². The van der Waals surface area contributed by atoms with Gasteiger partial charge in [0, 0.05) is 25.2 Å². The number of halogens is 6. The van der Waals surface area contributed by atoms with Gasteiger partial charge in [-0.2, -0.15) is 26.3 Å². The maximum absolute atomic E-state index is 12.5. The number of rotatable bonds is 1. The smallest absolute Gasteiger partial charge is 0.426 e. The number of nitrogens with zero attached hydrogens (tertiary/aromatic N) is 2. The molecule has 1 rings (SSSR count). The molecule has 1 amide bonds. The van der Waals surface area contributed by atoms with Crippen LogP contribution in [0.15, 0.2) is 0 Å². The van der Waals surface area contributed by atoms with Crippen LogP contribution in [0.5, 0.6) is 0 Å². The van der Waals surface area contributed by atoms with Crippen molar-refractivity contribution in [1.29, 1.82) is 0 Å². The molecule has 0 N–H and O–H groups in total. The Labute approximate surface area is 138 Å². The van der Waals surface area contributed by atoms with Gasteiger partial charge < -0.3 is 9.64 Å². The van der Waals surface area contributed by atoms with E-state index >= 15 is 0 Å². The second-order valence-corrected chi connectivity index (χ2v) is 7.40. The van der Waals surface area contributed by atoms with Crippen LogP contribution in [0.1, 0.15) is 20.8 Å². The fraction of sp³-hybridized carbons (Fsp3) is 0.917. The standard InChI is InChI=1S/C12H20B2F6N2O2/c1-9(2,3)21-4-5-22(10(13,14)6-21)8(23)24-7(11(15,16)17)12(18,19)20/h7H,4-6,13-14H2,1-3H3. The zero-order chi connectivity index (χ0) is 19.1. The van der Waals surface area contributed by atoms with Crippen LogP contribution >= 0.6 is 0 Å². The van der Waals surface area contributed by atoms with Crippen molar-refractivity contribution in [2.24, 2.45) is 0 Å². The van der Waals surface area contributed by atoms with Gasteiger partial charge in [0.05, 0.1) is 0 Å². The summed E-state index contributed by atoms with van der Waals surface area (Å²) in [5, 5.41) is -0.968. The topological polar surface area (TPSA) is 32.8 Å². The highest BCUT2D eigenvalue weighted by Gasteiger charge is 2.60. The molecular formula is C12H20B2F6N2O2. The third-order valence-corrected chi connectivity index (χ3v) is 3.88. The van der Waals surface area contributed by atoms with Gasteiger partial charge in [-0.1, -0.05) is 0 Å². The third kappa shape index (κ3) is 4.97. The molecule has 0 saturated carbocycles. The molecule has 138 valence electrons. The van der Waals surface area contributed by atoms with Crippen LogP contribution in [0.4, 0.5) is 31.1 Å². The average Bonchev–Trinajstić information content (AvgIpc) is 2.30. The van der Waals surface area contributed by atoms with Gasteiger partial charge in [0.2, 0.25) is 0 Å². The van der Waals surface area contributed by atoms with Gasteiger partial charge in [-0.25, -0.2) is 4.79 Å². The fourth-order valence-corrected chi connectivity index (χ4v) is 2.55. The summed E-state index contributed by atoms with van der Waals surface area (Å²) in [5.41, 5.74) is -0.242. The van der Waals surface area contributed by atoms with Crippen LogP contribution in [0.3, 0.4) is 0 Å². The maximum Gasteiger partial charge on any atom is 0.434 e. The average molecular weight is 360 g/mol. The van der Waals surface area contributed by atoms with Crippen molar-refractivity contribution in [2.75, 3.05) is 19.6 Å². The Balaban J connectivity index is 2.92. The highest BCUT2D eigenvalue weighted by Crippen LogP contribution is 2.36. The van der Waals surface area contributed by atoms with Crippen molar-refractivity contribution in [2.45, 2.75) is 50.1 Å². The zero-order valence-corrected chi connectivity index (χ0v) is 14.2. The second kappa shape index (κ2) is 6.34. The fourth-order valence-electron chi connectivity index (χ4n) is 2.55. The minimum atomic E-state index is -5.72. The van der Waals surface area contributed by atoms with Gasteiger partial charge in [0.1, 0.15) is 15.7 Å². The van der Waals surface area contributed by atoms with Gasteiger partial charge >= 0.3 is 18.4 Å². The molecular weight excluding hydrogens is 340 g/mol. The van der Waals surface area contributed by atoms with E-state index in [0.717, 1.165) is 4.90 Å². The van der Waals surface area contributed by atoms with Crippen LogP contribution < -0.4 is 0 Å². The molecule has 4 nitrogen and oxygen atoms in total. The Morgan fingerprint density at radius 3 is 1.83 bits per heavy atom. The molecule has 0 aromatic carbocycles. The van der Waals surface area contributed by atoms with Crippen molar-refractivity contribution in [3.8, 4) is 0 Å². The SMILES string of the molecule is BC1(B)CN(C(C)(C)C)CCN1C(=O)OC(C(F)(F)F)C(F)(F)F. The van der Waals surface area contributed by atoms with Gasteiger partial charge in [-0.3, -0.25) is 4.90 Å². The lowest BCUT2D eigenvalue weighted by atomic mass is 9.59. The molecule has 0 aromatic heterocycles. The van der Waals surface area contributed by atoms with Crippen LogP contribution in [-0.4, -0.2) is 80.6 Å². The van der Waals surface area contributed by atoms with E-state index in [-0.39, 0.29) is 12.1 Å². The summed E-state index contributed by atoms with van der Waals surface area (Å²) in [4.78, 5) is 14.9. The van der Waals surface area contributed by atoms with E-state index in [2.05, 4.69) is 4.74 Å². The highest BCUT2D eigenvalue weighted by molar-refractivity contribution is 6.41. The summed E-state index contributed by atoms with van der Waals surface area (Å²) >= 11 is 0. The Kier molecular flexibility index (Phi) is 5.55. The number of alkyl halides is 6. The second-order valence-electron chi connectivity index (χ2n) is 7.40. The molecule has 0 spiro atoms. The molecule has 0 aliphatic carbocycles. The third-order valence-electron chi connectivity index (χ3n) is 3.88. The molecule has 12 heteroatoms. The van der Waals surface area contributed by atoms with Gasteiger partial charge in [-0.05, 0) is 26.1 Å². The Hall–Kier alpha value is -1.06. The zero-order valence-electron chi connectivity index (χ0n) is 14.2. The first-order valence-corrected chi connectivity index (χ1v) is 7.33. The maximum atomic E-state index is 12.5. The lowest BCUT2D eigenvalue weighted by molar-refractivity contribution is -0.308. The minimum absolute atomic E-state index is 0.0223. The summed E-state index contributed by atoms with van der Waals surface area (Å²) in [7, 11) is 3.14. The van der Waals surface area contributed by atoms with E-state index in [0.29, 0.717) is 13.1 Å². The molecule has 0 bridgehead atoms. The summed E-state index contributed by atoms with van der Waals surface area (Å²) in [5.74, 6) is 0. The number of piperazine rings is 1. The van der Waals surface area contributed by atoms with Crippen molar-refractivity contribution in [1.82, 2.24) is 9.80 Å². The first-order chi connectivity index (χ1) is 10.5. The largest absolute Gasteiger partial charge is 0.434 e. The van der Waals surface area contributed by atoms with Crippen molar-refractivity contribution >= 4 is 21.8 Å². The molecule has 0 atom stereocenters. The van der Waals surface area contributed by atoms with Crippen molar-refractivity contribution < 1.29 is 35.9 Å². The predicted octanol–water partition coefficient (Wildman–Crippen LogP) is 0.952. The monoisotopic (exact) mass is 360 g/mol. The summed E-state index contributed by atoms with van der Waals surface area (Å²) < 4.78 is 79.0. The quantitative estimate of drug-likeness (QED) is 0.516. The summed E-state index contributed by atoms with van der Waals surface area (Å²) in [6, 6.07) is 0. The van der Waals surface area contributed by atoms with Crippen LogP contribution in [0.25, 0.3) is 0 Å². The van der Waals surface area contributed by atoms with Crippen molar-refractivity contribution in [3.63, 3.8) is 0 Å². The molecule has 0 radical (unpaired) electrons. The first kappa shape index (κ1) is 21.0. The number of carbonyl (C=O) groups excluding carboxylic acids is 1. The summed E-state index contributed by atoms with van der Waals surface area (Å²) in [6.07, 6.45) is -17.2. The van der Waals surface area contributed by atoms with E-state index < -0.39 is 29.9 Å².